The smallest absolute Gasteiger partial charge is 0.137 e. The summed E-state index contributed by atoms with van der Waals surface area (Å²) in [6, 6.07) is 6.24. The molecule has 0 aromatic heterocycles. The van der Waals surface area contributed by atoms with E-state index in [0.29, 0.717) is 18.6 Å². The van der Waals surface area contributed by atoms with Gasteiger partial charge in [-0.25, -0.2) is 0 Å². The molecule has 0 atom stereocenters. The van der Waals surface area contributed by atoms with Crippen molar-refractivity contribution < 1.29 is 4.79 Å². The highest BCUT2D eigenvalue weighted by molar-refractivity contribution is 5.80. The lowest BCUT2D eigenvalue weighted by atomic mass is 10.0. The molecule has 1 heteroatoms. The fourth-order valence-electron chi connectivity index (χ4n) is 1.38. The van der Waals surface area contributed by atoms with Crippen LogP contribution < -0.4 is 0 Å². The van der Waals surface area contributed by atoms with Crippen LogP contribution in [0.4, 0.5) is 0 Å². The fourth-order valence-corrected chi connectivity index (χ4v) is 1.38. The number of carbonyl (C=O) groups is 1. The molecule has 1 aromatic rings. The minimum atomic E-state index is 0.312. The van der Waals surface area contributed by atoms with Crippen molar-refractivity contribution in [3.63, 3.8) is 0 Å². The van der Waals surface area contributed by atoms with Gasteiger partial charge >= 0.3 is 0 Å². The van der Waals surface area contributed by atoms with Crippen molar-refractivity contribution in [3.05, 3.63) is 34.9 Å². The van der Waals surface area contributed by atoms with Crippen molar-refractivity contribution in [2.45, 2.75) is 33.6 Å². The molecular formula is C12H16O. The molecule has 13 heavy (non-hydrogen) atoms. The highest BCUT2D eigenvalue weighted by atomic mass is 16.1. The van der Waals surface area contributed by atoms with Gasteiger partial charge in [0.15, 0.2) is 0 Å². The summed E-state index contributed by atoms with van der Waals surface area (Å²) in [5.41, 5.74) is 3.64. The summed E-state index contributed by atoms with van der Waals surface area (Å²) in [7, 11) is 0. The molecule has 70 valence electrons. The lowest BCUT2D eigenvalue weighted by Crippen LogP contribution is -2.02. The van der Waals surface area contributed by atoms with Gasteiger partial charge in [-0.3, -0.25) is 4.79 Å². The van der Waals surface area contributed by atoms with Gasteiger partial charge in [-0.15, -0.1) is 0 Å². The van der Waals surface area contributed by atoms with Gasteiger partial charge in [0.05, 0.1) is 0 Å². The summed E-state index contributed by atoms with van der Waals surface area (Å²) in [6.07, 6.45) is 1.22. The molecule has 0 N–H and O–H groups in total. The number of ketones is 1. The summed E-state index contributed by atoms with van der Waals surface area (Å²) in [5.74, 6) is 0.312. The third kappa shape index (κ3) is 2.69. The number of rotatable bonds is 3. The van der Waals surface area contributed by atoms with E-state index in [9.17, 15) is 4.79 Å². The van der Waals surface area contributed by atoms with Gasteiger partial charge < -0.3 is 0 Å². The summed E-state index contributed by atoms with van der Waals surface area (Å²) in [6.45, 7) is 6.04. The van der Waals surface area contributed by atoms with Crippen LogP contribution in [-0.4, -0.2) is 5.78 Å². The first-order chi connectivity index (χ1) is 6.13. The van der Waals surface area contributed by atoms with Crippen LogP contribution in [0.25, 0.3) is 0 Å². The molecule has 1 nitrogen and oxygen atoms in total. The second-order valence-corrected chi connectivity index (χ2v) is 3.50. The average Bonchev–Trinajstić information content (AvgIpc) is 2.09. The predicted octanol–water partition coefficient (Wildman–Crippen LogP) is 2.83. The van der Waals surface area contributed by atoms with E-state index in [1.165, 1.54) is 11.1 Å². The van der Waals surface area contributed by atoms with Crippen LogP contribution in [0.3, 0.4) is 0 Å². The summed E-state index contributed by atoms with van der Waals surface area (Å²) < 4.78 is 0. The first-order valence-corrected chi connectivity index (χ1v) is 4.71. The maximum absolute atomic E-state index is 11.2. The lowest BCUT2D eigenvalue weighted by molar-refractivity contribution is -0.118. The molecule has 1 rings (SSSR count). The van der Waals surface area contributed by atoms with Crippen molar-refractivity contribution in [2.24, 2.45) is 0 Å². The van der Waals surface area contributed by atoms with E-state index in [-0.39, 0.29) is 0 Å². The predicted molar refractivity (Wildman–Crippen MR) is 54.9 cm³/mol. The van der Waals surface area contributed by atoms with Crippen molar-refractivity contribution in [1.82, 2.24) is 0 Å². The number of hydrogen-bond donors (Lipinski definition) is 0. The number of benzene rings is 1. The van der Waals surface area contributed by atoms with Crippen LogP contribution >= 0.6 is 0 Å². The molecule has 0 aliphatic heterocycles. The van der Waals surface area contributed by atoms with Gasteiger partial charge in [-0.05, 0) is 25.0 Å². The monoisotopic (exact) mass is 176 g/mol. The molecule has 0 fully saturated rings. The quantitative estimate of drug-likeness (QED) is 0.692. The molecule has 1 aromatic carbocycles. The van der Waals surface area contributed by atoms with Crippen LogP contribution in [0.15, 0.2) is 18.2 Å². The Morgan fingerprint density at radius 1 is 1.31 bits per heavy atom. The van der Waals surface area contributed by atoms with E-state index in [1.54, 1.807) is 0 Å². The molecule has 0 aliphatic rings. The SMILES string of the molecule is CCC(=O)Cc1ccc(C)cc1C. The normalized spacial score (nSPS) is 10.1. The first kappa shape index (κ1) is 9.97. The van der Waals surface area contributed by atoms with E-state index in [1.807, 2.05) is 6.92 Å². The highest BCUT2D eigenvalue weighted by Gasteiger charge is 2.03. The van der Waals surface area contributed by atoms with E-state index in [0.717, 1.165) is 5.56 Å². The molecule has 0 unspecified atom stereocenters. The Balaban J connectivity index is 2.83. The van der Waals surface area contributed by atoms with E-state index in [2.05, 4.69) is 32.0 Å². The van der Waals surface area contributed by atoms with Crippen LogP contribution in [0, 0.1) is 13.8 Å². The van der Waals surface area contributed by atoms with Crippen LogP contribution in [0.5, 0.6) is 0 Å². The molecule has 0 bridgehead atoms. The zero-order valence-electron chi connectivity index (χ0n) is 8.55. The Kier molecular flexibility index (Phi) is 3.24. The Hall–Kier alpha value is -1.11. The first-order valence-electron chi connectivity index (χ1n) is 4.71. The molecule has 0 aliphatic carbocycles. The van der Waals surface area contributed by atoms with Gasteiger partial charge in [0.1, 0.15) is 5.78 Å². The average molecular weight is 176 g/mol. The number of aryl methyl sites for hydroxylation is 2. The molecular weight excluding hydrogens is 160 g/mol. The third-order valence-corrected chi connectivity index (χ3v) is 2.28. The lowest BCUT2D eigenvalue weighted by Gasteiger charge is -2.04. The third-order valence-electron chi connectivity index (χ3n) is 2.28. The van der Waals surface area contributed by atoms with Gasteiger partial charge in [0, 0.05) is 12.8 Å². The minimum absolute atomic E-state index is 0.312. The Bertz CT molecular complexity index is 313. The Morgan fingerprint density at radius 2 is 2.00 bits per heavy atom. The molecule has 0 amide bonds. The maximum atomic E-state index is 11.2. The Labute approximate surface area is 79.8 Å². The van der Waals surface area contributed by atoms with E-state index >= 15 is 0 Å². The molecule has 0 radical (unpaired) electrons. The van der Waals surface area contributed by atoms with Crippen molar-refractivity contribution in [2.75, 3.05) is 0 Å². The minimum Gasteiger partial charge on any atom is -0.299 e. The van der Waals surface area contributed by atoms with Gasteiger partial charge in [-0.2, -0.15) is 0 Å². The summed E-state index contributed by atoms with van der Waals surface area (Å²) >= 11 is 0. The topological polar surface area (TPSA) is 17.1 Å². The van der Waals surface area contributed by atoms with E-state index in [4.69, 9.17) is 0 Å². The maximum Gasteiger partial charge on any atom is 0.137 e. The second kappa shape index (κ2) is 4.22. The van der Waals surface area contributed by atoms with Crippen molar-refractivity contribution in [1.29, 1.82) is 0 Å². The van der Waals surface area contributed by atoms with E-state index < -0.39 is 0 Å². The largest absolute Gasteiger partial charge is 0.299 e. The standard InChI is InChI=1S/C12H16O/c1-4-12(13)8-11-6-5-9(2)7-10(11)3/h5-7H,4,8H2,1-3H3. The highest BCUT2D eigenvalue weighted by Crippen LogP contribution is 2.11. The van der Waals surface area contributed by atoms with Crippen LogP contribution in [0.2, 0.25) is 0 Å². The Morgan fingerprint density at radius 3 is 2.54 bits per heavy atom. The van der Waals surface area contributed by atoms with Crippen molar-refractivity contribution in [3.8, 4) is 0 Å². The second-order valence-electron chi connectivity index (χ2n) is 3.50. The van der Waals surface area contributed by atoms with Crippen molar-refractivity contribution >= 4 is 5.78 Å². The molecule has 0 spiro atoms. The zero-order chi connectivity index (χ0) is 9.84. The van der Waals surface area contributed by atoms with Gasteiger partial charge in [0.25, 0.3) is 0 Å². The van der Waals surface area contributed by atoms with Crippen LogP contribution in [0.1, 0.15) is 30.0 Å². The number of hydrogen-bond acceptors (Lipinski definition) is 1. The molecule has 0 saturated carbocycles. The summed E-state index contributed by atoms with van der Waals surface area (Å²) in [5, 5.41) is 0. The van der Waals surface area contributed by atoms with Gasteiger partial charge in [-0.1, -0.05) is 30.7 Å². The zero-order valence-corrected chi connectivity index (χ0v) is 8.55. The summed E-state index contributed by atoms with van der Waals surface area (Å²) in [4.78, 5) is 11.2. The van der Waals surface area contributed by atoms with Gasteiger partial charge in [0.2, 0.25) is 0 Å². The van der Waals surface area contributed by atoms with Crippen LogP contribution in [-0.2, 0) is 11.2 Å². The number of Topliss-reactive ketones (excluding diaryl/α,β-unsaturated/α-hetero) is 1. The molecule has 0 heterocycles. The fraction of sp³-hybridized carbons (Fsp3) is 0.417. The molecule has 0 saturated heterocycles. The number of carbonyl (C=O) groups excluding carboxylic acids is 1.